The highest BCUT2D eigenvalue weighted by atomic mass is 14.9. The summed E-state index contributed by atoms with van der Waals surface area (Å²) in [6.45, 7) is 14.1. The molecule has 4 heteroatoms. The number of rotatable bonds is 8. The predicted octanol–water partition coefficient (Wildman–Crippen LogP) is 13.6. The maximum atomic E-state index is 3.62. The fourth-order valence-corrected chi connectivity index (χ4v) is 9.18. The highest BCUT2D eigenvalue weighted by molar-refractivity contribution is 5.23. The van der Waals surface area contributed by atoms with E-state index in [0.717, 1.165) is 0 Å². The van der Waals surface area contributed by atoms with Crippen molar-refractivity contribution in [2.24, 2.45) is 0 Å². The van der Waals surface area contributed by atoms with Crippen molar-refractivity contribution in [2.75, 3.05) is 26.2 Å². The lowest BCUT2D eigenvalue weighted by Gasteiger charge is -2.29. The van der Waals surface area contributed by atoms with E-state index in [2.05, 4.69) is 170 Å². The Morgan fingerprint density at radius 2 is 0.492 bits per heavy atom. The largest absolute Gasteiger partial charge is 0.313 e. The molecule has 4 aliphatic rings. The number of piperidine rings is 4. The summed E-state index contributed by atoms with van der Waals surface area (Å²) in [5, 5.41) is 14.5. The average molecular weight is 805 g/mol. The van der Waals surface area contributed by atoms with Crippen LogP contribution >= 0.6 is 0 Å². The number of nitrogens with one attached hydrogen (secondary N) is 4. The molecule has 4 saturated heterocycles. The van der Waals surface area contributed by atoms with Crippen LogP contribution in [0, 0.1) is 0 Å². The molecule has 8 rings (SSSR count). The van der Waals surface area contributed by atoms with Crippen LogP contribution in [0.25, 0.3) is 0 Å². The molecular formula is C55H88N4. The molecule has 8 atom stereocenters. The smallest absolute Gasteiger partial charge is 0.0133 e. The monoisotopic (exact) mass is 805 g/mol. The van der Waals surface area contributed by atoms with Gasteiger partial charge in [-0.2, -0.15) is 0 Å². The normalized spacial score (nSPS) is 23.3. The Bertz CT molecular complexity index is 1290. The van der Waals surface area contributed by atoms with Crippen LogP contribution < -0.4 is 21.3 Å². The molecule has 0 aliphatic carbocycles. The fraction of sp³-hybridized carbons (Fsp3) is 0.564. The molecule has 0 saturated carbocycles. The van der Waals surface area contributed by atoms with Gasteiger partial charge < -0.3 is 21.3 Å². The third-order valence-electron chi connectivity index (χ3n) is 13.1. The molecule has 0 radical (unpaired) electrons. The first-order valence-electron chi connectivity index (χ1n) is 22.6. The molecule has 0 aromatic heterocycles. The zero-order valence-corrected chi connectivity index (χ0v) is 35.5. The van der Waals surface area contributed by atoms with Crippen LogP contribution in [-0.4, -0.2) is 50.3 Å². The van der Waals surface area contributed by atoms with Gasteiger partial charge in [0.05, 0.1) is 0 Å². The van der Waals surface area contributed by atoms with Gasteiger partial charge in [0.15, 0.2) is 0 Å². The summed E-state index contributed by atoms with van der Waals surface area (Å²) in [5.41, 5.74) is 5.86. The molecule has 4 aromatic rings. The molecule has 4 aromatic carbocycles. The van der Waals surface area contributed by atoms with Crippen molar-refractivity contribution < 1.29 is 0 Å². The van der Waals surface area contributed by atoms with E-state index in [1.807, 2.05) is 0 Å². The summed E-state index contributed by atoms with van der Waals surface area (Å²) >= 11 is 0. The van der Waals surface area contributed by atoms with Crippen LogP contribution in [0.1, 0.15) is 173 Å². The number of benzene rings is 4. The molecule has 0 spiro atoms. The van der Waals surface area contributed by atoms with Crippen LogP contribution in [0.2, 0.25) is 0 Å². The Kier molecular flexibility index (Phi) is 26.2. The molecule has 0 bridgehead atoms. The second-order valence-corrected chi connectivity index (χ2v) is 17.0. The minimum Gasteiger partial charge on any atom is -0.313 e. The van der Waals surface area contributed by atoms with E-state index in [1.165, 1.54) is 125 Å². The van der Waals surface area contributed by atoms with Gasteiger partial charge in [0, 0.05) is 24.2 Å². The van der Waals surface area contributed by atoms with Gasteiger partial charge in [-0.15, -0.1) is 0 Å². The van der Waals surface area contributed by atoms with Crippen molar-refractivity contribution in [1.82, 2.24) is 21.3 Å². The summed E-state index contributed by atoms with van der Waals surface area (Å²) in [5.74, 6) is 2.60. The molecule has 4 fully saturated rings. The number of hydrogen-bond donors (Lipinski definition) is 4. The minimum atomic E-state index is 0. The summed E-state index contributed by atoms with van der Waals surface area (Å²) in [6.07, 6.45) is 16.2. The van der Waals surface area contributed by atoms with Gasteiger partial charge in [-0.1, -0.05) is 197 Å². The molecule has 4 unspecified atom stereocenters. The molecule has 4 nitrogen and oxygen atoms in total. The van der Waals surface area contributed by atoms with E-state index in [4.69, 9.17) is 0 Å². The van der Waals surface area contributed by atoms with Gasteiger partial charge in [0.1, 0.15) is 0 Å². The van der Waals surface area contributed by atoms with E-state index >= 15 is 0 Å². The highest BCUT2D eigenvalue weighted by Gasteiger charge is 2.23. The standard InChI is InChI=1S/4C13H19N.3CH4/c4*1-11(12-7-3-2-4-8-12)13-9-5-6-10-14-13;;;/h4*2-4,7-8,11,13-14H,5-6,9-10H2,1H3;3*1H4/t2*11?,13-;2*11-,13?;;;/m1100.../s1. The van der Waals surface area contributed by atoms with Gasteiger partial charge >= 0.3 is 0 Å². The Hall–Kier alpha value is -3.28. The van der Waals surface area contributed by atoms with E-state index in [-0.39, 0.29) is 22.3 Å². The first-order valence-corrected chi connectivity index (χ1v) is 22.6. The Labute approximate surface area is 364 Å². The molecule has 4 N–H and O–H groups in total. The molecule has 4 aliphatic heterocycles. The van der Waals surface area contributed by atoms with Crippen molar-refractivity contribution in [1.29, 1.82) is 0 Å². The van der Waals surface area contributed by atoms with Crippen molar-refractivity contribution >= 4 is 0 Å². The first kappa shape index (κ1) is 51.9. The Morgan fingerprint density at radius 1 is 0.305 bits per heavy atom. The van der Waals surface area contributed by atoms with E-state index < -0.39 is 0 Å². The second kappa shape index (κ2) is 29.9. The number of hydrogen-bond acceptors (Lipinski definition) is 4. The summed E-state index contributed by atoms with van der Waals surface area (Å²) in [4.78, 5) is 0. The zero-order valence-electron chi connectivity index (χ0n) is 35.5. The topological polar surface area (TPSA) is 48.1 Å². The summed E-state index contributed by atoms with van der Waals surface area (Å²) in [6, 6.07) is 46.1. The van der Waals surface area contributed by atoms with Gasteiger partial charge in [0.2, 0.25) is 0 Å². The third-order valence-corrected chi connectivity index (χ3v) is 13.1. The van der Waals surface area contributed by atoms with Gasteiger partial charge in [-0.3, -0.25) is 0 Å². The molecule has 4 heterocycles. The quantitative estimate of drug-likeness (QED) is 0.143. The van der Waals surface area contributed by atoms with Gasteiger partial charge in [-0.05, 0) is 123 Å². The lowest BCUT2D eigenvalue weighted by molar-refractivity contribution is 0.361. The van der Waals surface area contributed by atoms with Gasteiger partial charge in [-0.25, -0.2) is 0 Å². The van der Waals surface area contributed by atoms with Crippen LogP contribution in [-0.2, 0) is 0 Å². The molecule has 0 amide bonds. The predicted molar refractivity (Wildman–Crippen MR) is 262 cm³/mol. The van der Waals surface area contributed by atoms with Crippen LogP contribution in [0.3, 0.4) is 0 Å². The van der Waals surface area contributed by atoms with Crippen molar-refractivity contribution in [3.63, 3.8) is 0 Å². The maximum absolute atomic E-state index is 3.62. The Morgan fingerprint density at radius 3 is 0.644 bits per heavy atom. The third kappa shape index (κ3) is 17.7. The minimum absolute atomic E-state index is 0. The highest BCUT2D eigenvalue weighted by Crippen LogP contribution is 2.27. The van der Waals surface area contributed by atoms with Crippen molar-refractivity contribution in [3.8, 4) is 0 Å². The lowest BCUT2D eigenvalue weighted by atomic mass is 9.88. The van der Waals surface area contributed by atoms with E-state index in [1.54, 1.807) is 0 Å². The maximum Gasteiger partial charge on any atom is 0.0133 e. The van der Waals surface area contributed by atoms with Gasteiger partial charge in [0.25, 0.3) is 0 Å². The fourth-order valence-electron chi connectivity index (χ4n) is 9.18. The zero-order chi connectivity index (χ0) is 39.2. The van der Waals surface area contributed by atoms with Crippen molar-refractivity contribution in [2.45, 2.75) is 175 Å². The summed E-state index contributed by atoms with van der Waals surface area (Å²) in [7, 11) is 0. The molecular weight excluding hydrogens is 717 g/mol. The Balaban J connectivity index is 0.000000267. The SMILES string of the molecule is C.C.C.CC(c1ccccc1)[C@H]1CCCCN1.CC(c1ccccc1)[C@H]1CCCCN1.C[C@@H](c1ccccc1)C1CCCCN1.C[C@@H](c1ccccc1)C1CCCCN1. The van der Waals surface area contributed by atoms with E-state index in [9.17, 15) is 0 Å². The molecule has 328 valence electrons. The van der Waals surface area contributed by atoms with Crippen LogP contribution in [0.15, 0.2) is 121 Å². The van der Waals surface area contributed by atoms with E-state index in [0.29, 0.717) is 47.8 Å². The molecule has 59 heavy (non-hydrogen) atoms. The van der Waals surface area contributed by atoms with Crippen LogP contribution in [0.4, 0.5) is 0 Å². The first-order chi connectivity index (χ1) is 27.5. The summed E-state index contributed by atoms with van der Waals surface area (Å²) < 4.78 is 0. The second-order valence-electron chi connectivity index (χ2n) is 17.0. The lowest BCUT2D eigenvalue weighted by Crippen LogP contribution is -2.37. The van der Waals surface area contributed by atoms with Crippen molar-refractivity contribution in [3.05, 3.63) is 144 Å². The van der Waals surface area contributed by atoms with Crippen LogP contribution in [0.5, 0.6) is 0 Å². The average Bonchev–Trinajstić information content (AvgIpc) is 3.31.